The van der Waals surface area contributed by atoms with Crippen LogP contribution >= 0.6 is 0 Å². The molecule has 2 rings (SSSR count). The molecule has 1 aromatic rings. The minimum absolute atomic E-state index is 0.443. The van der Waals surface area contributed by atoms with Gasteiger partial charge in [-0.2, -0.15) is 0 Å². The van der Waals surface area contributed by atoms with E-state index >= 15 is 0 Å². The van der Waals surface area contributed by atoms with Crippen LogP contribution in [0.25, 0.3) is 0 Å². The van der Waals surface area contributed by atoms with Crippen molar-refractivity contribution in [3.63, 3.8) is 0 Å². The van der Waals surface area contributed by atoms with Gasteiger partial charge in [0.05, 0.1) is 6.61 Å². The van der Waals surface area contributed by atoms with Crippen LogP contribution in [0.1, 0.15) is 30.3 Å². The van der Waals surface area contributed by atoms with Crippen LogP contribution in [-0.4, -0.2) is 29.7 Å². The summed E-state index contributed by atoms with van der Waals surface area (Å²) in [5.74, 6) is 1.29. The molecule has 15 heavy (non-hydrogen) atoms. The van der Waals surface area contributed by atoms with Gasteiger partial charge in [-0.25, -0.2) is 9.97 Å². The van der Waals surface area contributed by atoms with Crippen molar-refractivity contribution in [2.45, 2.75) is 25.2 Å². The average Bonchev–Trinajstić information content (AvgIpc) is 2.31. The molecule has 1 aliphatic heterocycles. The van der Waals surface area contributed by atoms with E-state index in [0.717, 1.165) is 37.6 Å². The summed E-state index contributed by atoms with van der Waals surface area (Å²) in [6.45, 7) is 2.28. The molecule has 4 nitrogen and oxygen atoms in total. The third-order valence-electron chi connectivity index (χ3n) is 2.67. The zero-order valence-corrected chi connectivity index (χ0v) is 8.85. The van der Waals surface area contributed by atoms with E-state index in [4.69, 9.17) is 10.5 Å². The number of nitrogens with two attached hydrogens (primary N) is 1. The molecule has 0 amide bonds. The smallest absolute Gasteiger partial charge is 0.129 e. The molecule has 0 aromatic carbocycles. The largest absolute Gasteiger partial charge is 0.381 e. The summed E-state index contributed by atoms with van der Waals surface area (Å²) in [6.07, 6.45) is 4.86. The van der Waals surface area contributed by atoms with Crippen LogP contribution in [0.15, 0.2) is 12.3 Å². The highest BCUT2D eigenvalue weighted by Gasteiger charge is 2.17. The molecular formula is C11H17N3O. The van der Waals surface area contributed by atoms with Crippen molar-refractivity contribution in [2.24, 2.45) is 5.73 Å². The van der Waals surface area contributed by atoms with Gasteiger partial charge in [0.15, 0.2) is 0 Å². The Bertz CT molecular complexity index is 310. The van der Waals surface area contributed by atoms with E-state index in [1.807, 2.05) is 12.3 Å². The van der Waals surface area contributed by atoms with Crippen molar-refractivity contribution in [3.8, 4) is 0 Å². The number of hydrogen-bond donors (Lipinski definition) is 1. The Labute approximate surface area is 89.9 Å². The summed E-state index contributed by atoms with van der Waals surface area (Å²) < 4.78 is 5.45. The Morgan fingerprint density at radius 3 is 3.20 bits per heavy atom. The first-order chi connectivity index (χ1) is 7.40. The lowest BCUT2D eigenvalue weighted by molar-refractivity contribution is 0.0792. The lowest BCUT2D eigenvalue weighted by Crippen LogP contribution is -2.17. The topological polar surface area (TPSA) is 61.0 Å². The minimum atomic E-state index is 0.443. The lowest BCUT2D eigenvalue weighted by atomic mass is 9.98. The fraction of sp³-hybridized carbons (Fsp3) is 0.636. The molecule has 4 heteroatoms. The van der Waals surface area contributed by atoms with Crippen molar-refractivity contribution in [1.29, 1.82) is 0 Å². The summed E-state index contributed by atoms with van der Waals surface area (Å²) in [4.78, 5) is 8.71. The first-order valence-corrected chi connectivity index (χ1v) is 5.50. The molecule has 1 fully saturated rings. The monoisotopic (exact) mass is 207 g/mol. The van der Waals surface area contributed by atoms with Gasteiger partial charge in [-0.05, 0) is 25.5 Å². The van der Waals surface area contributed by atoms with Crippen molar-refractivity contribution >= 4 is 0 Å². The van der Waals surface area contributed by atoms with Gasteiger partial charge in [0, 0.05) is 30.8 Å². The highest BCUT2D eigenvalue weighted by atomic mass is 16.5. The molecule has 2 N–H and O–H groups in total. The Hall–Kier alpha value is -1.00. The van der Waals surface area contributed by atoms with E-state index in [9.17, 15) is 0 Å². The van der Waals surface area contributed by atoms with Crippen LogP contribution in [0, 0.1) is 0 Å². The number of hydrogen-bond acceptors (Lipinski definition) is 4. The minimum Gasteiger partial charge on any atom is -0.381 e. The number of aromatic nitrogens is 2. The SMILES string of the molecule is NCCc1nccc(C2CCCOC2)n1. The molecule has 0 saturated carbocycles. The third kappa shape index (κ3) is 2.73. The zero-order chi connectivity index (χ0) is 10.5. The van der Waals surface area contributed by atoms with E-state index in [-0.39, 0.29) is 0 Å². The molecule has 0 bridgehead atoms. The van der Waals surface area contributed by atoms with E-state index in [1.54, 1.807) is 0 Å². The van der Waals surface area contributed by atoms with Gasteiger partial charge in [0.1, 0.15) is 5.82 Å². The highest BCUT2D eigenvalue weighted by Crippen LogP contribution is 2.23. The van der Waals surface area contributed by atoms with Crippen molar-refractivity contribution in [2.75, 3.05) is 19.8 Å². The molecule has 2 heterocycles. The standard InChI is InChI=1S/C11H17N3O/c12-5-3-11-13-6-4-10(14-11)9-2-1-7-15-8-9/h4,6,9H,1-3,5,7-8,12H2. The fourth-order valence-corrected chi connectivity index (χ4v) is 1.87. The molecule has 1 aromatic heterocycles. The molecule has 1 saturated heterocycles. The van der Waals surface area contributed by atoms with Gasteiger partial charge in [-0.3, -0.25) is 0 Å². The summed E-state index contributed by atoms with van der Waals surface area (Å²) in [5.41, 5.74) is 6.59. The van der Waals surface area contributed by atoms with Crippen molar-refractivity contribution in [3.05, 3.63) is 23.8 Å². The van der Waals surface area contributed by atoms with E-state index in [0.29, 0.717) is 12.5 Å². The first kappa shape index (κ1) is 10.5. The van der Waals surface area contributed by atoms with E-state index < -0.39 is 0 Å². The first-order valence-electron chi connectivity index (χ1n) is 5.50. The van der Waals surface area contributed by atoms with Crippen LogP contribution in [-0.2, 0) is 11.2 Å². The fourth-order valence-electron chi connectivity index (χ4n) is 1.87. The number of nitrogens with zero attached hydrogens (tertiary/aromatic N) is 2. The predicted octanol–water partition coefficient (Wildman–Crippen LogP) is 0.872. The summed E-state index contributed by atoms with van der Waals surface area (Å²) >= 11 is 0. The molecule has 1 unspecified atom stereocenters. The molecule has 82 valence electrons. The van der Waals surface area contributed by atoms with Gasteiger partial charge in [0.25, 0.3) is 0 Å². The van der Waals surface area contributed by atoms with Crippen LogP contribution in [0.5, 0.6) is 0 Å². The molecular weight excluding hydrogens is 190 g/mol. The second kappa shape index (κ2) is 5.19. The van der Waals surface area contributed by atoms with E-state index in [2.05, 4.69) is 9.97 Å². The zero-order valence-electron chi connectivity index (χ0n) is 8.85. The number of rotatable bonds is 3. The Kier molecular flexibility index (Phi) is 3.64. The molecule has 0 aliphatic carbocycles. The van der Waals surface area contributed by atoms with Gasteiger partial charge < -0.3 is 10.5 Å². The second-order valence-corrected chi connectivity index (χ2v) is 3.85. The van der Waals surface area contributed by atoms with Gasteiger partial charge in [-0.15, -0.1) is 0 Å². The highest BCUT2D eigenvalue weighted by molar-refractivity contribution is 5.09. The van der Waals surface area contributed by atoms with Crippen molar-refractivity contribution < 1.29 is 4.74 Å². The maximum atomic E-state index is 5.48. The summed E-state index contributed by atoms with van der Waals surface area (Å²) in [5, 5.41) is 0. The van der Waals surface area contributed by atoms with Crippen LogP contribution in [0.4, 0.5) is 0 Å². The average molecular weight is 207 g/mol. The van der Waals surface area contributed by atoms with Crippen LogP contribution < -0.4 is 5.73 Å². The quantitative estimate of drug-likeness (QED) is 0.799. The Morgan fingerprint density at radius 2 is 2.47 bits per heavy atom. The second-order valence-electron chi connectivity index (χ2n) is 3.85. The molecule has 0 radical (unpaired) electrons. The van der Waals surface area contributed by atoms with E-state index in [1.165, 1.54) is 6.42 Å². The van der Waals surface area contributed by atoms with Gasteiger partial charge >= 0.3 is 0 Å². The summed E-state index contributed by atoms with van der Waals surface area (Å²) in [7, 11) is 0. The summed E-state index contributed by atoms with van der Waals surface area (Å²) in [6, 6.07) is 1.99. The van der Waals surface area contributed by atoms with Crippen LogP contribution in [0.2, 0.25) is 0 Å². The van der Waals surface area contributed by atoms with Gasteiger partial charge in [0.2, 0.25) is 0 Å². The Morgan fingerprint density at radius 1 is 1.53 bits per heavy atom. The van der Waals surface area contributed by atoms with Crippen LogP contribution in [0.3, 0.4) is 0 Å². The maximum Gasteiger partial charge on any atom is 0.129 e. The Balaban J connectivity index is 2.09. The molecule has 1 atom stereocenters. The van der Waals surface area contributed by atoms with Crippen molar-refractivity contribution in [1.82, 2.24) is 9.97 Å². The predicted molar refractivity (Wildman–Crippen MR) is 57.6 cm³/mol. The maximum absolute atomic E-state index is 5.48. The normalized spacial score (nSPS) is 21.5. The lowest BCUT2D eigenvalue weighted by Gasteiger charge is -2.21. The molecule has 1 aliphatic rings. The van der Waals surface area contributed by atoms with Gasteiger partial charge in [-0.1, -0.05) is 0 Å². The molecule has 0 spiro atoms. The number of ether oxygens (including phenoxy) is 1. The third-order valence-corrected chi connectivity index (χ3v) is 2.67.